The third-order valence-electron chi connectivity index (χ3n) is 2.91. The Morgan fingerprint density at radius 2 is 2.45 bits per heavy atom. The Balaban J connectivity index is 1.65. The SMILES string of the molecule is C[C@@H](NC(=O)Cc1cccnc1)c1cn2ncsc2n1. The molecule has 0 aliphatic carbocycles. The van der Waals surface area contributed by atoms with Crippen LogP contribution in [0.15, 0.2) is 36.2 Å². The van der Waals surface area contributed by atoms with Crippen LogP contribution in [0.3, 0.4) is 0 Å². The summed E-state index contributed by atoms with van der Waals surface area (Å²) in [4.78, 5) is 21.2. The lowest BCUT2D eigenvalue weighted by molar-refractivity contribution is -0.121. The fourth-order valence-electron chi connectivity index (χ4n) is 1.92. The highest BCUT2D eigenvalue weighted by atomic mass is 32.1. The summed E-state index contributed by atoms with van der Waals surface area (Å²) in [5.41, 5.74) is 3.44. The van der Waals surface area contributed by atoms with Gasteiger partial charge in [-0.15, -0.1) is 0 Å². The molecule has 0 aliphatic heterocycles. The molecule has 0 spiro atoms. The standard InChI is InChI=1S/C13H13N5OS/c1-9(11-7-18-13(17-11)20-8-15-18)16-12(19)5-10-3-2-4-14-6-10/h2-4,6-9H,5H2,1H3,(H,16,19)/t9-/m1/s1. The van der Waals surface area contributed by atoms with Gasteiger partial charge in [-0.1, -0.05) is 17.4 Å². The zero-order chi connectivity index (χ0) is 13.9. The molecule has 0 unspecified atom stereocenters. The van der Waals surface area contributed by atoms with E-state index in [9.17, 15) is 4.79 Å². The van der Waals surface area contributed by atoms with Crippen LogP contribution < -0.4 is 5.32 Å². The second-order valence-electron chi connectivity index (χ2n) is 4.46. The fourth-order valence-corrected chi connectivity index (χ4v) is 2.53. The summed E-state index contributed by atoms with van der Waals surface area (Å²) < 4.78 is 1.71. The van der Waals surface area contributed by atoms with Gasteiger partial charge in [-0.3, -0.25) is 9.78 Å². The molecule has 0 bridgehead atoms. The quantitative estimate of drug-likeness (QED) is 0.791. The lowest BCUT2D eigenvalue weighted by atomic mass is 10.2. The highest BCUT2D eigenvalue weighted by molar-refractivity contribution is 7.14. The van der Waals surface area contributed by atoms with Crippen LogP contribution in [0, 0.1) is 0 Å². The van der Waals surface area contributed by atoms with E-state index < -0.39 is 0 Å². The van der Waals surface area contributed by atoms with Crippen LogP contribution in [-0.2, 0) is 11.2 Å². The first kappa shape index (κ1) is 12.7. The number of nitrogens with zero attached hydrogens (tertiary/aromatic N) is 4. The number of carbonyl (C=O) groups excluding carboxylic acids is 1. The largest absolute Gasteiger partial charge is 0.348 e. The highest BCUT2D eigenvalue weighted by Gasteiger charge is 2.14. The zero-order valence-corrected chi connectivity index (χ0v) is 11.7. The first-order chi connectivity index (χ1) is 9.72. The van der Waals surface area contributed by atoms with Gasteiger partial charge in [0.25, 0.3) is 0 Å². The Morgan fingerprint density at radius 1 is 1.55 bits per heavy atom. The summed E-state index contributed by atoms with van der Waals surface area (Å²) in [6.45, 7) is 1.91. The lowest BCUT2D eigenvalue weighted by Gasteiger charge is -2.11. The van der Waals surface area contributed by atoms with Crippen molar-refractivity contribution in [3.63, 3.8) is 0 Å². The zero-order valence-electron chi connectivity index (χ0n) is 10.9. The number of pyridine rings is 1. The molecular weight excluding hydrogens is 274 g/mol. The number of hydrogen-bond acceptors (Lipinski definition) is 5. The first-order valence-electron chi connectivity index (χ1n) is 6.19. The van der Waals surface area contributed by atoms with Crippen LogP contribution in [0.5, 0.6) is 0 Å². The van der Waals surface area contributed by atoms with Crippen LogP contribution in [0.4, 0.5) is 0 Å². The van der Waals surface area contributed by atoms with Gasteiger partial charge in [-0.25, -0.2) is 9.50 Å². The van der Waals surface area contributed by atoms with Crippen molar-refractivity contribution in [1.82, 2.24) is 24.9 Å². The van der Waals surface area contributed by atoms with E-state index in [0.29, 0.717) is 6.42 Å². The molecule has 1 atom stereocenters. The third-order valence-corrected chi connectivity index (χ3v) is 3.60. The van der Waals surface area contributed by atoms with Crippen molar-refractivity contribution in [2.75, 3.05) is 0 Å². The van der Waals surface area contributed by atoms with Gasteiger partial charge in [0.1, 0.15) is 5.51 Å². The number of hydrogen-bond donors (Lipinski definition) is 1. The summed E-state index contributed by atoms with van der Waals surface area (Å²) in [7, 11) is 0. The van der Waals surface area contributed by atoms with Gasteiger partial charge in [0.2, 0.25) is 10.9 Å². The van der Waals surface area contributed by atoms with E-state index >= 15 is 0 Å². The number of amides is 1. The Kier molecular flexibility index (Phi) is 3.42. The van der Waals surface area contributed by atoms with Gasteiger partial charge in [0.15, 0.2) is 0 Å². The number of carbonyl (C=O) groups is 1. The number of nitrogens with one attached hydrogen (secondary N) is 1. The molecule has 20 heavy (non-hydrogen) atoms. The minimum atomic E-state index is -0.145. The van der Waals surface area contributed by atoms with Crippen molar-refractivity contribution in [3.05, 3.63) is 47.5 Å². The van der Waals surface area contributed by atoms with E-state index in [2.05, 4.69) is 20.4 Å². The molecule has 0 fully saturated rings. The highest BCUT2D eigenvalue weighted by Crippen LogP contribution is 2.15. The van der Waals surface area contributed by atoms with Crippen molar-refractivity contribution < 1.29 is 4.79 Å². The minimum absolute atomic E-state index is 0.0465. The molecule has 7 heteroatoms. The Labute approximate surface area is 119 Å². The maximum atomic E-state index is 12.0. The summed E-state index contributed by atoms with van der Waals surface area (Å²) in [6.07, 6.45) is 5.54. The molecule has 3 rings (SSSR count). The molecule has 0 saturated heterocycles. The molecule has 3 aromatic rings. The van der Waals surface area contributed by atoms with Crippen molar-refractivity contribution in [2.45, 2.75) is 19.4 Å². The average molecular weight is 287 g/mol. The number of fused-ring (bicyclic) bond motifs is 1. The average Bonchev–Trinajstić information content (AvgIpc) is 3.00. The van der Waals surface area contributed by atoms with Crippen molar-refractivity contribution in [2.24, 2.45) is 0 Å². The molecular formula is C13H13N5OS. The van der Waals surface area contributed by atoms with Crippen molar-refractivity contribution >= 4 is 22.2 Å². The number of aromatic nitrogens is 4. The molecule has 0 aromatic carbocycles. The van der Waals surface area contributed by atoms with Gasteiger partial charge < -0.3 is 5.32 Å². The predicted octanol–water partition coefficient (Wildman–Crippen LogP) is 1.61. The van der Waals surface area contributed by atoms with Gasteiger partial charge in [0.05, 0.1) is 24.4 Å². The Bertz CT molecular complexity index is 692. The van der Waals surface area contributed by atoms with Crippen LogP contribution in [0.2, 0.25) is 0 Å². The van der Waals surface area contributed by atoms with E-state index in [-0.39, 0.29) is 11.9 Å². The Hall–Kier alpha value is -2.28. The van der Waals surface area contributed by atoms with Gasteiger partial charge >= 0.3 is 0 Å². The molecule has 0 saturated carbocycles. The summed E-state index contributed by atoms with van der Waals surface area (Å²) in [5, 5.41) is 7.05. The first-order valence-corrected chi connectivity index (χ1v) is 7.07. The molecule has 1 N–H and O–H groups in total. The number of imidazole rings is 1. The van der Waals surface area contributed by atoms with Gasteiger partial charge in [-0.2, -0.15) is 5.10 Å². The van der Waals surface area contributed by atoms with Crippen molar-refractivity contribution in [3.8, 4) is 0 Å². The van der Waals surface area contributed by atoms with Gasteiger partial charge in [-0.05, 0) is 18.6 Å². The molecule has 3 aromatic heterocycles. The predicted molar refractivity (Wildman–Crippen MR) is 75.4 cm³/mol. The van der Waals surface area contributed by atoms with E-state index in [1.807, 2.05) is 25.3 Å². The monoisotopic (exact) mass is 287 g/mol. The van der Waals surface area contributed by atoms with Crippen molar-refractivity contribution in [1.29, 1.82) is 0 Å². The molecule has 102 valence electrons. The van der Waals surface area contributed by atoms with Crippen LogP contribution in [0.25, 0.3) is 4.96 Å². The van der Waals surface area contributed by atoms with E-state index in [1.54, 1.807) is 22.4 Å². The topological polar surface area (TPSA) is 72.2 Å². The van der Waals surface area contributed by atoms with Crippen LogP contribution >= 0.6 is 11.3 Å². The summed E-state index contributed by atoms with van der Waals surface area (Å²) in [5.74, 6) is -0.0465. The van der Waals surface area contributed by atoms with Gasteiger partial charge in [0, 0.05) is 12.4 Å². The van der Waals surface area contributed by atoms with Crippen LogP contribution in [0.1, 0.15) is 24.2 Å². The second-order valence-corrected chi connectivity index (χ2v) is 5.27. The maximum Gasteiger partial charge on any atom is 0.225 e. The summed E-state index contributed by atoms with van der Waals surface area (Å²) >= 11 is 1.47. The normalized spacial score (nSPS) is 12.4. The van der Waals surface area contributed by atoms with E-state index in [0.717, 1.165) is 16.2 Å². The van der Waals surface area contributed by atoms with Crippen LogP contribution in [-0.4, -0.2) is 25.5 Å². The molecule has 1 amide bonds. The summed E-state index contributed by atoms with van der Waals surface area (Å²) in [6, 6.07) is 3.56. The third kappa shape index (κ3) is 2.67. The molecule has 6 nitrogen and oxygen atoms in total. The second kappa shape index (κ2) is 5.38. The van der Waals surface area contributed by atoms with E-state index in [1.165, 1.54) is 11.3 Å². The minimum Gasteiger partial charge on any atom is -0.348 e. The molecule has 3 heterocycles. The number of rotatable bonds is 4. The molecule has 0 aliphatic rings. The lowest BCUT2D eigenvalue weighted by Crippen LogP contribution is -2.28. The maximum absolute atomic E-state index is 12.0. The van der Waals surface area contributed by atoms with E-state index in [4.69, 9.17) is 0 Å². The smallest absolute Gasteiger partial charge is 0.225 e. The Morgan fingerprint density at radius 3 is 3.20 bits per heavy atom. The molecule has 0 radical (unpaired) electrons. The fraction of sp³-hybridized carbons (Fsp3) is 0.231.